The molecule has 1 aliphatic heterocycles. The summed E-state index contributed by atoms with van der Waals surface area (Å²) in [6, 6.07) is 10.0. The Kier molecular flexibility index (Phi) is 6.44. The average Bonchev–Trinajstić information content (AvgIpc) is 3.34. The Morgan fingerprint density at radius 1 is 1.22 bits per heavy atom. The molecule has 2 N–H and O–H groups in total. The maximum atomic E-state index is 13.5. The number of pyridine rings is 1. The molecule has 0 spiro atoms. The molecule has 0 bridgehead atoms. The van der Waals surface area contributed by atoms with Gasteiger partial charge in [0.25, 0.3) is 11.5 Å². The summed E-state index contributed by atoms with van der Waals surface area (Å²) in [7, 11) is 1.50. The molecule has 1 saturated heterocycles. The molecule has 1 atom stereocenters. The van der Waals surface area contributed by atoms with Gasteiger partial charge in [0.05, 0.1) is 24.4 Å². The minimum Gasteiger partial charge on any atom is -0.481 e. The van der Waals surface area contributed by atoms with Crippen LogP contribution in [0.2, 0.25) is 0 Å². The van der Waals surface area contributed by atoms with Crippen molar-refractivity contribution in [1.82, 2.24) is 20.3 Å². The summed E-state index contributed by atoms with van der Waals surface area (Å²) in [5, 5.41) is 2.96. The fourth-order valence-electron chi connectivity index (χ4n) is 3.71. The number of halogens is 1. The molecule has 9 heteroatoms. The minimum atomic E-state index is -0.522. The molecule has 166 valence electrons. The van der Waals surface area contributed by atoms with Gasteiger partial charge in [-0.25, -0.2) is 14.4 Å². The molecule has 1 amide bonds. The Bertz CT molecular complexity index is 1130. The van der Waals surface area contributed by atoms with Crippen molar-refractivity contribution in [1.29, 1.82) is 0 Å². The Morgan fingerprint density at radius 3 is 2.62 bits per heavy atom. The van der Waals surface area contributed by atoms with Crippen molar-refractivity contribution in [2.24, 2.45) is 0 Å². The third kappa shape index (κ3) is 5.11. The number of anilines is 1. The molecular weight excluding hydrogens is 413 g/mol. The van der Waals surface area contributed by atoms with E-state index < -0.39 is 6.04 Å². The van der Waals surface area contributed by atoms with Crippen LogP contribution in [-0.4, -0.2) is 41.1 Å². The van der Waals surface area contributed by atoms with Gasteiger partial charge < -0.3 is 15.0 Å². The number of aromatic nitrogens is 3. The molecule has 1 aromatic carbocycles. The zero-order chi connectivity index (χ0) is 22.5. The van der Waals surface area contributed by atoms with E-state index in [4.69, 9.17) is 4.74 Å². The van der Waals surface area contributed by atoms with Crippen molar-refractivity contribution < 1.29 is 13.9 Å². The number of amides is 1. The lowest BCUT2D eigenvalue weighted by Crippen LogP contribution is -2.31. The third-order valence-corrected chi connectivity index (χ3v) is 5.39. The summed E-state index contributed by atoms with van der Waals surface area (Å²) in [5.41, 5.74) is 1.35. The lowest BCUT2D eigenvalue weighted by atomic mass is 10.0. The third-order valence-electron chi connectivity index (χ3n) is 5.39. The van der Waals surface area contributed by atoms with Gasteiger partial charge in [-0.05, 0) is 36.6 Å². The van der Waals surface area contributed by atoms with Gasteiger partial charge in [-0.3, -0.25) is 14.6 Å². The molecule has 1 aliphatic rings. The first kappa shape index (κ1) is 21.5. The van der Waals surface area contributed by atoms with Crippen LogP contribution in [-0.2, 0) is 6.42 Å². The van der Waals surface area contributed by atoms with Crippen molar-refractivity contribution in [3.8, 4) is 5.88 Å². The van der Waals surface area contributed by atoms with Gasteiger partial charge in [0.15, 0.2) is 0 Å². The Morgan fingerprint density at radius 2 is 1.97 bits per heavy atom. The van der Waals surface area contributed by atoms with Crippen LogP contribution in [0.3, 0.4) is 0 Å². The van der Waals surface area contributed by atoms with E-state index in [1.54, 1.807) is 24.3 Å². The molecule has 0 unspecified atom stereocenters. The maximum absolute atomic E-state index is 13.5. The molecule has 0 radical (unpaired) electrons. The lowest BCUT2D eigenvalue weighted by Gasteiger charge is -2.21. The molecule has 3 heterocycles. The molecule has 32 heavy (non-hydrogen) atoms. The molecule has 3 aromatic rings. The number of carbonyl (C=O) groups excluding carboxylic acids is 1. The average molecular weight is 437 g/mol. The van der Waals surface area contributed by atoms with Crippen molar-refractivity contribution in [3.63, 3.8) is 0 Å². The first-order chi connectivity index (χ1) is 15.5. The van der Waals surface area contributed by atoms with E-state index >= 15 is 0 Å². The van der Waals surface area contributed by atoms with E-state index in [-0.39, 0.29) is 23.7 Å². The Hall–Kier alpha value is -3.75. The Labute approximate surface area is 184 Å². The SMILES string of the molecule is COc1ccc(C(=O)N[C@H](Cc2cc(=O)[nH]c(N3CCCC3)n2)c2ccc(F)cc2)cn1. The van der Waals surface area contributed by atoms with Crippen LogP contribution >= 0.6 is 0 Å². The van der Waals surface area contributed by atoms with Gasteiger partial charge in [-0.15, -0.1) is 0 Å². The van der Waals surface area contributed by atoms with Gasteiger partial charge in [0, 0.05) is 37.8 Å². The van der Waals surface area contributed by atoms with E-state index in [0.29, 0.717) is 28.6 Å². The van der Waals surface area contributed by atoms with Gasteiger partial charge in [-0.1, -0.05) is 12.1 Å². The van der Waals surface area contributed by atoms with Gasteiger partial charge in [0.2, 0.25) is 11.8 Å². The van der Waals surface area contributed by atoms with Crippen LogP contribution < -0.4 is 20.5 Å². The molecule has 8 nitrogen and oxygen atoms in total. The number of H-pyrrole nitrogens is 1. The number of ether oxygens (including phenoxy) is 1. The van der Waals surface area contributed by atoms with E-state index in [1.807, 2.05) is 4.90 Å². The first-order valence-electron chi connectivity index (χ1n) is 10.4. The molecule has 1 fully saturated rings. The zero-order valence-corrected chi connectivity index (χ0v) is 17.7. The number of carbonyl (C=O) groups is 1. The van der Waals surface area contributed by atoms with Gasteiger partial charge in [0.1, 0.15) is 5.82 Å². The number of aromatic amines is 1. The summed E-state index contributed by atoms with van der Waals surface area (Å²) >= 11 is 0. The van der Waals surface area contributed by atoms with Crippen LogP contribution in [0.1, 0.15) is 40.5 Å². The maximum Gasteiger partial charge on any atom is 0.253 e. The van der Waals surface area contributed by atoms with Gasteiger partial charge in [-0.2, -0.15) is 0 Å². The summed E-state index contributed by atoms with van der Waals surface area (Å²) < 4.78 is 18.5. The molecule has 0 saturated carbocycles. The van der Waals surface area contributed by atoms with Crippen molar-refractivity contribution in [2.45, 2.75) is 25.3 Å². The van der Waals surface area contributed by atoms with Crippen molar-refractivity contribution in [3.05, 3.63) is 81.7 Å². The first-order valence-corrected chi connectivity index (χ1v) is 10.4. The van der Waals surface area contributed by atoms with Crippen LogP contribution in [0, 0.1) is 5.82 Å². The fourth-order valence-corrected chi connectivity index (χ4v) is 3.71. The van der Waals surface area contributed by atoms with Crippen molar-refractivity contribution >= 4 is 11.9 Å². The summed E-state index contributed by atoms with van der Waals surface area (Å²) in [6.07, 6.45) is 3.80. The molecule has 4 rings (SSSR count). The highest BCUT2D eigenvalue weighted by Gasteiger charge is 2.20. The molecular formula is C23H24FN5O3. The second-order valence-electron chi connectivity index (χ2n) is 7.63. The predicted molar refractivity (Wildman–Crippen MR) is 117 cm³/mol. The quantitative estimate of drug-likeness (QED) is 0.590. The highest BCUT2D eigenvalue weighted by Crippen LogP contribution is 2.21. The molecule has 2 aromatic heterocycles. The largest absolute Gasteiger partial charge is 0.481 e. The highest BCUT2D eigenvalue weighted by molar-refractivity contribution is 5.94. The number of nitrogens with one attached hydrogen (secondary N) is 2. The smallest absolute Gasteiger partial charge is 0.253 e. The summed E-state index contributed by atoms with van der Waals surface area (Å²) in [5.74, 6) is 0.218. The number of nitrogens with zero attached hydrogens (tertiary/aromatic N) is 3. The van der Waals surface area contributed by atoms with E-state index in [0.717, 1.165) is 25.9 Å². The number of methoxy groups -OCH3 is 1. The van der Waals surface area contributed by atoms with E-state index in [2.05, 4.69) is 20.3 Å². The van der Waals surface area contributed by atoms with Crippen LogP contribution in [0.4, 0.5) is 10.3 Å². The topological polar surface area (TPSA) is 100 Å². The summed E-state index contributed by atoms with van der Waals surface area (Å²) in [6.45, 7) is 1.68. The second-order valence-corrected chi connectivity index (χ2v) is 7.63. The normalized spacial score (nSPS) is 14.2. The van der Waals surface area contributed by atoms with E-state index in [9.17, 15) is 14.0 Å². The van der Waals surface area contributed by atoms with Crippen LogP contribution in [0.15, 0.2) is 53.5 Å². The lowest BCUT2D eigenvalue weighted by molar-refractivity contribution is 0.0936. The van der Waals surface area contributed by atoms with Crippen LogP contribution in [0.5, 0.6) is 5.88 Å². The fraction of sp³-hybridized carbons (Fsp3) is 0.304. The van der Waals surface area contributed by atoms with Gasteiger partial charge >= 0.3 is 0 Å². The minimum absolute atomic E-state index is 0.250. The van der Waals surface area contributed by atoms with Crippen molar-refractivity contribution in [2.75, 3.05) is 25.1 Å². The standard InChI is InChI=1S/C23H24FN5O3/c1-32-21-9-6-16(14-25-21)22(31)27-19(15-4-7-17(24)8-5-15)12-18-13-20(30)28-23(26-18)29-10-2-3-11-29/h4-9,13-14,19H,2-3,10-12H2,1H3,(H,27,31)(H,26,28,30)/t19-/m1/s1. The Balaban J connectivity index is 1.60. The zero-order valence-electron chi connectivity index (χ0n) is 17.7. The number of hydrogen-bond donors (Lipinski definition) is 2. The summed E-state index contributed by atoms with van der Waals surface area (Å²) in [4.78, 5) is 38.6. The number of rotatable bonds is 7. The monoisotopic (exact) mass is 437 g/mol. The number of benzene rings is 1. The van der Waals surface area contributed by atoms with Crippen LogP contribution in [0.25, 0.3) is 0 Å². The second kappa shape index (κ2) is 9.59. The number of hydrogen-bond acceptors (Lipinski definition) is 6. The highest BCUT2D eigenvalue weighted by atomic mass is 19.1. The molecule has 0 aliphatic carbocycles. The van der Waals surface area contributed by atoms with E-state index in [1.165, 1.54) is 31.5 Å². The predicted octanol–water partition coefficient (Wildman–Crippen LogP) is 2.63.